The van der Waals surface area contributed by atoms with Crippen LogP contribution in [0, 0.1) is 5.82 Å². The standard InChI is InChI=1S/C10H13BrFNO3S2/c1-7(6-17(2)14)13-18(15,16)10-4-3-8(12)5-9(10)11/h3-5,7,13H,6H2,1-2H3. The fourth-order valence-electron chi connectivity index (χ4n) is 1.41. The first-order valence-corrected chi connectivity index (χ1v) is 9.00. The van der Waals surface area contributed by atoms with Crippen molar-refractivity contribution in [2.45, 2.75) is 17.9 Å². The van der Waals surface area contributed by atoms with Crippen molar-refractivity contribution in [1.29, 1.82) is 0 Å². The van der Waals surface area contributed by atoms with E-state index in [1.165, 1.54) is 12.3 Å². The van der Waals surface area contributed by atoms with Crippen LogP contribution >= 0.6 is 15.9 Å². The second-order valence-electron chi connectivity index (χ2n) is 3.84. The number of benzene rings is 1. The minimum Gasteiger partial charge on any atom is -0.260 e. The minimum atomic E-state index is -3.75. The fraction of sp³-hybridized carbons (Fsp3) is 0.400. The summed E-state index contributed by atoms with van der Waals surface area (Å²) in [6.45, 7) is 1.62. The molecule has 0 spiro atoms. The predicted octanol–water partition coefficient (Wildman–Crippen LogP) is 1.63. The molecule has 0 fully saturated rings. The van der Waals surface area contributed by atoms with Crippen molar-refractivity contribution >= 4 is 36.8 Å². The molecule has 8 heteroatoms. The summed E-state index contributed by atoms with van der Waals surface area (Å²) in [6.07, 6.45) is 1.50. The Kier molecular flexibility index (Phi) is 5.45. The molecule has 0 radical (unpaired) electrons. The highest BCUT2D eigenvalue weighted by Crippen LogP contribution is 2.22. The van der Waals surface area contributed by atoms with Gasteiger partial charge in [0.1, 0.15) is 5.82 Å². The molecule has 0 amide bonds. The Hall–Kier alpha value is -0.310. The lowest BCUT2D eigenvalue weighted by atomic mass is 10.3. The van der Waals surface area contributed by atoms with Crippen LogP contribution < -0.4 is 4.72 Å². The zero-order valence-electron chi connectivity index (χ0n) is 9.81. The van der Waals surface area contributed by atoms with Gasteiger partial charge in [0.2, 0.25) is 10.0 Å². The number of halogens is 2. The van der Waals surface area contributed by atoms with Gasteiger partial charge in [-0.3, -0.25) is 4.21 Å². The monoisotopic (exact) mass is 357 g/mol. The van der Waals surface area contributed by atoms with Crippen molar-refractivity contribution in [3.63, 3.8) is 0 Å². The third-order valence-corrected chi connectivity index (χ3v) is 5.56. The summed E-state index contributed by atoms with van der Waals surface area (Å²) in [4.78, 5) is -0.0439. The summed E-state index contributed by atoms with van der Waals surface area (Å²) in [5, 5.41) is 0. The molecule has 2 unspecified atom stereocenters. The van der Waals surface area contributed by atoms with Crippen LogP contribution in [-0.2, 0) is 20.8 Å². The van der Waals surface area contributed by atoms with Gasteiger partial charge < -0.3 is 0 Å². The van der Waals surface area contributed by atoms with Crippen LogP contribution in [0.3, 0.4) is 0 Å². The van der Waals surface area contributed by atoms with Gasteiger partial charge in [-0.15, -0.1) is 0 Å². The van der Waals surface area contributed by atoms with Gasteiger partial charge in [0.15, 0.2) is 0 Å². The van der Waals surface area contributed by atoms with Gasteiger partial charge in [0, 0.05) is 33.3 Å². The van der Waals surface area contributed by atoms with Crippen molar-refractivity contribution < 1.29 is 17.0 Å². The molecule has 0 heterocycles. The first-order valence-electron chi connectivity index (χ1n) is 5.00. The van der Waals surface area contributed by atoms with Crippen LogP contribution in [0.2, 0.25) is 0 Å². The SMILES string of the molecule is CC(CS(C)=O)NS(=O)(=O)c1ccc(F)cc1Br. The van der Waals surface area contributed by atoms with Crippen LogP contribution in [-0.4, -0.2) is 30.7 Å². The van der Waals surface area contributed by atoms with E-state index in [1.54, 1.807) is 6.92 Å². The predicted molar refractivity (Wildman–Crippen MR) is 72.8 cm³/mol. The van der Waals surface area contributed by atoms with E-state index in [4.69, 9.17) is 0 Å². The zero-order chi connectivity index (χ0) is 13.9. The maximum atomic E-state index is 12.9. The van der Waals surface area contributed by atoms with Crippen LogP contribution in [0.25, 0.3) is 0 Å². The third kappa shape index (κ3) is 4.42. The van der Waals surface area contributed by atoms with E-state index in [0.717, 1.165) is 12.1 Å². The van der Waals surface area contributed by atoms with Gasteiger partial charge in [-0.25, -0.2) is 17.5 Å². The lowest BCUT2D eigenvalue weighted by molar-refractivity contribution is 0.568. The lowest BCUT2D eigenvalue weighted by Crippen LogP contribution is -2.36. The van der Waals surface area contributed by atoms with Gasteiger partial charge in [-0.1, -0.05) is 0 Å². The molecule has 18 heavy (non-hydrogen) atoms. The number of sulfonamides is 1. The molecule has 0 saturated carbocycles. The molecule has 0 saturated heterocycles. The van der Waals surface area contributed by atoms with E-state index < -0.39 is 32.7 Å². The Bertz CT molecular complexity index is 562. The second-order valence-corrected chi connectivity index (χ2v) is 7.85. The molecule has 1 aromatic rings. The quantitative estimate of drug-likeness (QED) is 0.870. The van der Waals surface area contributed by atoms with Crippen LogP contribution in [0.1, 0.15) is 6.92 Å². The lowest BCUT2D eigenvalue weighted by Gasteiger charge is -2.13. The summed E-state index contributed by atoms with van der Waals surface area (Å²) >= 11 is 3.00. The normalized spacial score (nSPS) is 15.3. The maximum Gasteiger partial charge on any atom is 0.241 e. The molecule has 0 aliphatic rings. The van der Waals surface area contributed by atoms with Crippen LogP contribution in [0.5, 0.6) is 0 Å². The van der Waals surface area contributed by atoms with Gasteiger partial charge >= 0.3 is 0 Å². The smallest absolute Gasteiger partial charge is 0.241 e. The Morgan fingerprint density at radius 1 is 1.50 bits per heavy atom. The molecule has 0 aromatic heterocycles. The molecule has 4 nitrogen and oxygen atoms in total. The van der Waals surface area contributed by atoms with Gasteiger partial charge in [0.25, 0.3) is 0 Å². The zero-order valence-corrected chi connectivity index (χ0v) is 13.0. The van der Waals surface area contributed by atoms with E-state index in [1.807, 2.05) is 0 Å². The Morgan fingerprint density at radius 3 is 2.61 bits per heavy atom. The number of hydrogen-bond acceptors (Lipinski definition) is 3. The van der Waals surface area contributed by atoms with E-state index in [2.05, 4.69) is 20.7 Å². The number of hydrogen-bond donors (Lipinski definition) is 1. The molecule has 0 aliphatic heterocycles. The van der Waals surface area contributed by atoms with Crippen molar-refractivity contribution in [1.82, 2.24) is 4.72 Å². The highest BCUT2D eigenvalue weighted by Gasteiger charge is 2.20. The number of nitrogens with one attached hydrogen (secondary N) is 1. The maximum absolute atomic E-state index is 12.9. The van der Waals surface area contributed by atoms with Gasteiger partial charge in [0.05, 0.1) is 4.90 Å². The minimum absolute atomic E-state index is 0.0439. The topological polar surface area (TPSA) is 63.2 Å². The van der Waals surface area contributed by atoms with Crippen molar-refractivity contribution in [2.24, 2.45) is 0 Å². The van der Waals surface area contributed by atoms with E-state index >= 15 is 0 Å². The van der Waals surface area contributed by atoms with Crippen molar-refractivity contribution in [3.05, 3.63) is 28.5 Å². The highest BCUT2D eigenvalue weighted by molar-refractivity contribution is 9.10. The van der Waals surface area contributed by atoms with E-state index in [0.29, 0.717) is 0 Å². The van der Waals surface area contributed by atoms with Crippen LogP contribution in [0.15, 0.2) is 27.6 Å². The van der Waals surface area contributed by atoms with E-state index in [9.17, 15) is 17.0 Å². The molecule has 2 atom stereocenters. The first kappa shape index (κ1) is 15.7. The Balaban J connectivity index is 2.96. The van der Waals surface area contributed by atoms with Gasteiger partial charge in [-0.2, -0.15) is 0 Å². The summed E-state index contributed by atoms with van der Waals surface area (Å²) in [7, 11) is -4.84. The summed E-state index contributed by atoms with van der Waals surface area (Å²) < 4.78 is 50.4. The fourth-order valence-corrected chi connectivity index (χ4v) is 4.59. The summed E-state index contributed by atoms with van der Waals surface area (Å²) in [5.74, 6) is -0.304. The molecule has 1 rings (SSSR count). The second kappa shape index (κ2) is 6.23. The average Bonchev–Trinajstić information content (AvgIpc) is 2.13. The summed E-state index contributed by atoms with van der Waals surface area (Å²) in [5.41, 5.74) is 0. The van der Waals surface area contributed by atoms with Crippen molar-refractivity contribution in [3.8, 4) is 0 Å². The Morgan fingerprint density at radius 2 is 2.11 bits per heavy atom. The highest BCUT2D eigenvalue weighted by atomic mass is 79.9. The molecule has 0 bridgehead atoms. The van der Waals surface area contributed by atoms with Crippen LogP contribution in [0.4, 0.5) is 4.39 Å². The molecule has 102 valence electrons. The summed E-state index contributed by atoms with van der Waals surface area (Å²) in [6, 6.07) is 2.87. The molecular weight excluding hydrogens is 345 g/mol. The van der Waals surface area contributed by atoms with E-state index in [-0.39, 0.29) is 15.1 Å². The molecule has 0 aliphatic carbocycles. The molecule has 1 aromatic carbocycles. The van der Waals surface area contributed by atoms with Gasteiger partial charge in [-0.05, 0) is 41.1 Å². The number of rotatable bonds is 5. The first-order chi connectivity index (χ1) is 8.22. The largest absolute Gasteiger partial charge is 0.260 e. The molecular formula is C10H13BrFNO3S2. The molecule has 1 N–H and O–H groups in total. The third-order valence-electron chi connectivity index (χ3n) is 2.02. The van der Waals surface area contributed by atoms with Crippen molar-refractivity contribution in [2.75, 3.05) is 12.0 Å². The average molecular weight is 358 g/mol. The Labute approximate surface area is 117 Å².